The summed E-state index contributed by atoms with van der Waals surface area (Å²) in [5.74, 6) is 0.734. The predicted octanol–water partition coefficient (Wildman–Crippen LogP) is 2.11. The van der Waals surface area contributed by atoms with Gasteiger partial charge in [-0.15, -0.1) is 0 Å². The van der Waals surface area contributed by atoms with Crippen LogP contribution in [0.4, 0.5) is 4.39 Å². The number of carbonyl (C=O) groups is 1. The Kier molecular flexibility index (Phi) is 8.09. The molecule has 0 unspecified atom stereocenters. The highest BCUT2D eigenvalue weighted by molar-refractivity contribution is 5.94. The summed E-state index contributed by atoms with van der Waals surface area (Å²) in [7, 11) is 1.67. The van der Waals surface area contributed by atoms with Crippen molar-refractivity contribution < 1.29 is 13.9 Å². The lowest BCUT2D eigenvalue weighted by atomic mass is 10.1. The molecular weight excluding hydrogens is 347 g/mol. The number of guanidine groups is 1. The molecular formula is C20H25FN4O2. The minimum absolute atomic E-state index is 0.304. The molecule has 0 saturated heterocycles. The molecule has 2 aromatic rings. The Hall–Kier alpha value is -3.09. The van der Waals surface area contributed by atoms with Gasteiger partial charge in [0.1, 0.15) is 18.2 Å². The van der Waals surface area contributed by atoms with Crippen LogP contribution in [0.3, 0.4) is 0 Å². The van der Waals surface area contributed by atoms with E-state index >= 15 is 0 Å². The van der Waals surface area contributed by atoms with Crippen LogP contribution in [0.1, 0.15) is 15.9 Å². The molecule has 0 spiro atoms. The third kappa shape index (κ3) is 6.97. The zero-order valence-corrected chi connectivity index (χ0v) is 15.6. The van der Waals surface area contributed by atoms with Crippen molar-refractivity contribution in [3.63, 3.8) is 0 Å². The average Bonchev–Trinajstić information content (AvgIpc) is 2.69. The van der Waals surface area contributed by atoms with E-state index in [1.807, 2.05) is 30.3 Å². The van der Waals surface area contributed by atoms with Crippen molar-refractivity contribution in [2.75, 3.05) is 33.3 Å². The van der Waals surface area contributed by atoms with E-state index in [-0.39, 0.29) is 11.7 Å². The van der Waals surface area contributed by atoms with Crippen molar-refractivity contribution in [2.45, 2.75) is 6.92 Å². The molecule has 144 valence electrons. The van der Waals surface area contributed by atoms with Crippen LogP contribution in [-0.2, 0) is 0 Å². The fourth-order valence-electron chi connectivity index (χ4n) is 2.27. The summed E-state index contributed by atoms with van der Waals surface area (Å²) < 4.78 is 19.1. The van der Waals surface area contributed by atoms with E-state index in [0.717, 1.165) is 5.75 Å². The number of aliphatic imine (C=N–C) groups is 1. The molecule has 0 heterocycles. The van der Waals surface area contributed by atoms with Gasteiger partial charge in [-0.1, -0.05) is 24.3 Å². The summed E-state index contributed by atoms with van der Waals surface area (Å²) >= 11 is 0. The Labute approximate surface area is 158 Å². The summed E-state index contributed by atoms with van der Waals surface area (Å²) in [5.41, 5.74) is 0.818. The highest BCUT2D eigenvalue weighted by atomic mass is 19.1. The molecule has 27 heavy (non-hydrogen) atoms. The second-order valence-corrected chi connectivity index (χ2v) is 5.81. The van der Waals surface area contributed by atoms with Crippen molar-refractivity contribution in [2.24, 2.45) is 4.99 Å². The van der Waals surface area contributed by atoms with E-state index in [1.165, 1.54) is 6.07 Å². The normalized spacial score (nSPS) is 11.0. The van der Waals surface area contributed by atoms with E-state index < -0.39 is 0 Å². The third-order valence-corrected chi connectivity index (χ3v) is 3.77. The predicted molar refractivity (Wildman–Crippen MR) is 105 cm³/mol. The van der Waals surface area contributed by atoms with Crippen LogP contribution in [-0.4, -0.2) is 45.2 Å². The van der Waals surface area contributed by atoms with E-state index in [4.69, 9.17) is 4.74 Å². The molecule has 2 aromatic carbocycles. The molecule has 6 nitrogen and oxygen atoms in total. The number of halogens is 1. The van der Waals surface area contributed by atoms with Gasteiger partial charge in [-0.05, 0) is 36.8 Å². The van der Waals surface area contributed by atoms with Gasteiger partial charge in [-0.3, -0.25) is 9.79 Å². The maximum absolute atomic E-state index is 13.5. The molecule has 0 aliphatic carbocycles. The van der Waals surface area contributed by atoms with Crippen LogP contribution in [0.15, 0.2) is 53.5 Å². The third-order valence-electron chi connectivity index (χ3n) is 3.77. The molecule has 2 rings (SSSR count). The molecule has 0 fully saturated rings. The van der Waals surface area contributed by atoms with Crippen molar-refractivity contribution in [3.05, 3.63) is 65.5 Å². The SMILES string of the molecule is CN=C(NCCNC(=O)c1ccc(C)c(F)c1)NCCOc1ccccc1. The van der Waals surface area contributed by atoms with Gasteiger partial charge < -0.3 is 20.7 Å². The van der Waals surface area contributed by atoms with Gasteiger partial charge in [0.25, 0.3) is 5.91 Å². The van der Waals surface area contributed by atoms with Crippen LogP contribution in [0, 0.1) is 12.7 Å². The Balaban J connectivity index is 1.62. The van der Waals surface area contributed by atoms with E-state index in [0.29, 0.717) is 43.3 Å². The number of hydrogen-bond acceptors (Lipinski definition) is 3. The molecule has 0 aromatic heterocycles. The number of nitrogens with zero attached hydrogens (tertiary/aromatic N) is 1. The van der Waals surface area contributed by atoms with Gasteiger partial charge in [-0.2, -0.15) is 0 Å². The van der Waals surface area contributed by atoms with Gasteiger partial charge >= 0.3 is 0 Å². The number of rotatable bonds is 8. The fourth-order valence-corrected chi connectivity index (χ4v) is 2.27. The zero-order chi connectivity index (χ0) is 19.5. The lowest BCUT2D eigenvalue weighted by molar-refractivity contribution is 0.0954. The Morgan fingerprint density at radius 3 is 2.44 bits per heavy atom. The van der Waals surface area contributed by atoms with Crippen LogP contribution >= 0.6 is 0 Å². The van der Waals surface area contributed by atoms with Crippen molar-refractivity contribution in [3.8, 4) is 5.75 Å². The van der Waals surface area contributed by atoms with E-state index in [2.05, 4.69) is 20.9 Å². The molecule has 0 saturated carbocycles. The number of carbonyl (C=O) groups excluding carboxylic acids is 1. The topological polar surface area (TPSA) is 74.8 Å². The summed E-state index contributed by atoms with van der Waals surface area (Å²) in [6.07, 6.45) is 0. The number of aryl methyl sites for hydroxylation is 1. The first kappa shape index (κ1) is 20.2. The van der Waals surface area contributed by atoms with Crippen molar-refractivity contribution in [1.82, 2.24) is 16.0 Å². The smallest absolute Gasteiger partial charge is 0.251 e. The summed E-state index contributed by atoms with van der Waals surface area (Å²) in [4.78, 5) is 16.1. The maximum atomic E-state index is 13.5. The number of para-hydroxylation sites is 1. The summed E-state index contributed by atoms with van der Waals surface area (Å²) in [6.45, 7) is 3.61. The van der Waals surface area contributed by atoms with Crippen LogP contribution in [0.2, 0.25) is 0 Å². The number of ether oxygens (including phenoxy) is 1. The summed E-state index contributed by atoms with van der Waals surface area (Å²) in [6, 6.07) is 14.0. The number of nitrogens with one attached hydrogen (secondary N) is 3. The van der Waals surface area contributed by atoms with Gasteiger partial charge in [0, 0.05) is 25.7 Å². The van der Waals surface area contributed by atoms with Crippen LogP contribution in [0.25, 0.3) is 0 Å². The molecule has 0 aliphatic rings. The van der Waals surface area contributed by atoms with Crippen molar-refractivity contribution >= 4 is 11.9 Å². The molecule has 3 N–H and O–H groups in total. The summed E-state index contributed by atoms with van der Waals surface area (Å²) in [5, 5.41) is 8.95. The van der Waals surface area contributed by atoms with Crippen LogP contribution < -0.4 is 20.7 Å². The molecule has 7 heteroatoms. The number of amides is 1. The monoisotopic (exact) mass is 372 g/mol. The van der Waals surface area contributed by atoms with E-state index in [1.54, 1.807) is 26.1 Å². The highest BCUT2D eigenvalue weighted by Gasteiger charge is 2.07. The minimum Gasteiger partial charge on any atom is -0.492 e. The molecule has 0 aliphatic heterocycles. The lowest BCUT2D eigenvalue weighted by Crippen LogP contribution is -2.42. The zero-order valence-electron chi connectivity index (χ0n) is 15.6. The Morgan fingerprint density at radius 2 is 1.74 bits per heavy atom. The Bertz CT molecular complexity index is 766. The molecule has 0 atom stereocenters. The second kappa shape index (κ2) is 10.8. The van der Waals surface area contributed by atoms with E-state index in [9.17, 15) is 9.18 Å². The van der Waals surface area contributed by atoms with Gasteiger partial charge in [0.05, 0.1) is 6.54 Å². The maximum Gasteiger partial charge on any atom is 0.251 e. The first-order valence-electron chi connectivity index (χ1n) is 8.77. The van der Waals surface area contributed by atoms with Gasteiger partial charge in [0.2, 0.25) is 0 Å². The lowest BCUT2D eigenvalue weighted by Gasteiger charge is -2.13. The Morgan fingerprint density at radius 1 is 1.04 bits per heavy atom. The molecule has 0 radical (unpaired) electrons. The quantitative estimate of drug-likeness (QED) is 0.377. The van der Waals surface area contributed by atoms with Gasteiger partial charge in [-0.25, -0.2) is 4.39 Å². The second-order valence-electron chi connectivity index (χ2n) is 5.81. The first-order chi connectivity index (χ1) is 13.1. The van der Waals surface area contributed by atoms with Crippen molar-refractivity contribution in [1.29, 1.82) is 0 Å². The number of benzene rings is 2. The molecule has 1 amide bonds. The number of hydrogen-bond donors (Lipinski definition) is 3. The highest BCUT2D eigenvalue weighted by Crippen LogP contribution is 2.09. The molecule has 0 bridgehead atoms. The minimum atomic E-state index is -0.386. The standard InChI is InChI=1S/C20H25FN4O2/c1-15-8-9-16(14-18(15)21)19(26)23-10-11-24-20(22-2)25-12-13-27-17-6-4-3-5-7-17/h3-9,14H,10-13H2,1-2H3,(H,23,26)(H2,22,24,25). The fraction of sp³-hybridized carbons (Fsp3) is 0.300. The largest absolute Gasteiger partial charge is 0.492 e. The van der Waals surface area contributed by atoms with Crippen LogP contribution in [0.5, 0.6) is 5.75 Å². The first-order valence-corrected chi connectivity index (χ1v) is 8.77. The average molecular weight is 372 g/mol. The van der Waals surface area contributed by atoms with Gasteiger partial charge in [0.15, 0.2) is 5.96 Å².